The maximum atomic E-state index is 13.9. The molecule has 1 heterocycles. The Morgan fingerprint density at radius 1 is 1.20 bits per heavy atom. The molecule has 3 aromatic rings. The zero-order valence-electron chi connectivity index (χ0n) is 11.2. The fourth-order valence-corrected chi connectivity index (χ4v) is 3.23. The van der Waals surface area contributed by atoms with Crippen LogP contribution in [0.15, 0.2) is 42.5 Å². The monoisotopic (exact) mass is 286 g/mol. The van der Waals surface area contributed by atoms with Crippen LogP contribution in [-0.4, -0.2) is 12.0 Å². The van der Waals surface area contributed by atoms with Gasteiger partial charge in [-0.2, -0.15) is 0 Å². The van der Waals surface area contributed by atoms with E-state index in [2.05, 4.69) is 10.3 Å². The first kappa shape index (κ1) is 13.2. The summed E-state index contributed by atoms with van der Waals surface area (Å²) in [6, 6.07) is 13.3. The Bertz CT molecular complexity index is 703. The van der Waals surface area contributed by atoms with Gasteiger partial charge in [0.15, 0.2) is 0 Å². The van der Waals surface area contributed by atoms with Crippen LogP contribution in [-0.2, 0) is 13.0 Å². The predicted octanol–water partition coefficient (Wildman–Crippen LogP) is 3.75. The maximum Gasteiger partial charge on any atom is 0.126 e. The van der Waals surface area contributed by atoms with Crippen molar-refractivity contribution >= 4 is 21.6 Å². The molecule has 1 aromatic heterocycles. The first-order chi connectivity index (χ1) is 9.76. The maximum absolute atomic E-state index is 13.9. The number of fused-ring (bicyclic) bond motifs is 1. The highest BCUT2D eigenvalue weighted by Crippen LogP contribution is 2.24. The molecule has 2 nitrogen and oxygen atoms in total. The summed E-state index contributed by atoms with van der Waals surface area (Å²) in [6.07, 6.45) is 0.544. The van der Waals surface area contributed by atoms with Gasteiger partial charge in [0, 0.05) is 13.0 Å². The molecule has 20 heavy (non-hydrogen) atoms. The summed E-state index contributed by atoms with van der Waals surface area (Å²) in [4.78, 5) is 4.56. The van der Waals surface area contributed by atoms with E-state index in [-0.39, 0.29) is 5.82 Å². The lowest BCUT2D eigenvalue weighted by Gasteiger charge is -2.05. The third kappa shape index (κ3) is 2.71. The van der Waals surface area contributed by atoms with Crippen molar-refractivity contribution in [1.29, 1.82) is 0 Å². The standard InChI is InChI=1S/C16H15FN2S/c1-18-10-11-6-7-13(17)12(8-11)9-16-19-14-4-2-3-5-15(14)20-16/h2-8,18H,9-10H2,1H3. The minimum atomic E-state index is -0.163. The minimum absolute atomic E-state index is 0.163. The lowest BCUT2D eigenvalue weighted by atomic mass is 10.1. The lowest BCUT2D eigenvalue weighted by Crippen LogP contribution is -2.06. The van der Waals surface area contributed by atoms with Crippen LogP contribution in [0.25, 0.3) is 10.2 Å². The number of hydrogen-bond donors (Lipinski definition) is 1. The second kappa shape index (κ2) is 5.69. The number of nitrogens with one attached hydrogen (secondary N) is 1. The molecule has 0 aliphatic heterocycles. The molecule has 0 amide bonds. The summed E-state index contributed by atoms with van der Waals surface area (Å²) in [5.74, 6) is -0.163. The third-order valence-corrected chi connectivity index (χ3v) is 4.21. The van der Waals surface area contributed by atoms with E-state index in [4.69, 9.17) is 0 Å². The molecular formula is C16H15FN2S. The van der Waals surface area contributed by atoms with E-state index in [1.54, 1.807) is 11.3 Å². The highest BCUT2D eigenvalue weighted by atomic mass is 32.1. The van der Waals surface area contributed by atoms with Crippen LogP contribution in [0.2, 0.25) is 0 Å². The topological polar surface area (TPSA) is 24.9 Å². The zero-order chi connectivity index (χ0) is 13.9. The lowest BCUT2D eigenvalue weighted by molar-refractivity contribution is 0.612. The van der Waals surface area contributed by atoms with Gasteiger partial charge in [-0.05, 0) is 36.4 Å². The highest BCUT2D eigenvalue weighted by Gasteiger charge is 2.09. The van der Waals surface area contributed by atoms with E-state index in [0.29, 0.717) is 12.0 Å². The van der Waals surface area contributed by atoms with Gasteiger partial charge in [-0.15, -0.1) is 11.3 Å². The molecule has 0 spiro atoms. The van der Waals surface area contributed by atoms with E-state index < -0.39 is 0 Å². The number of halogens is 1. The first-order valence-electron chi connectivity index (χ1n) is 6.52. The number of nitrogens with zero attached hydrogens (tertiary/aromatic N) is 1. The van der Waals surface area contributed by atoms with Gasteiger partial charge in [0.1, 0.15) is 5.82 Å². The molecule has 0 radical (unpaired) electrons. The second-order valence-corrected chi connectivity index (χ2v) is 5.82. The molecule has 0 saturated heterocycles. The molecule has 0 aliphatic carbocycles. The van der Waals surface area contributed by atoms with Crippen LogP contribution in [0.3, 0.4) is 0 Å². The van der Waals surface area contributed by atoms with Crippen LogP contribution in [0.4, 0.5) is 4.39 Å². The molecule has 0 fully saturated rings. The Kier molecular flexibility index (Phi) is 3.76. The average Bonchev–Trinajstić information content (AvgIpc) is 2.85. The van der Waals surface area contributed by atoms with Crippen molar-refractivity contribution in [2.24, 2.45) is 0 Å². The van der Waals surface area contributed by atoms with Gasteiger partial charge in [0.2, 0.25) is 0 Å². The minimum Gasteiger partial charge on any atom is -0.316 e. The zero-order valence-corrected chi connectivity index (χ0v) is 12.0. The van der Waals surface area contributed by atoms with Crippen LogP contribution in [0.1, 0.15) is 16.1 Å². The molecule has 0 bridgehead atoms. The number of benzene rings is 2. The highest BCUT2D eigenvalue weighted by molar-refractivity contribution is 7.18. The summed E-state index contributed by atoms with van der Waals surface area (Å²) >= 11 is 1.63. The molecule has 0 saturated carbocycles. The number of rotatable bonds is 4. The Morgan fingerprint density at radius 2 is 2.05 bits per heavy atom. The van der Waals surface area contributed by atoms with Crippen LogP contribution in [0, 0.1) is 5.82 Å². The van der Waals surface area contributed by atoms with Gasteiger partial charge in [-0.3, -0.25) is 0 Å². The average molecular weight is 286 g/mol. The van der Waals surface area contributed by atoms with Gasteiger partial charge in [0.25, 0.3) is 0 Å². The van der Waals surface area contributed by atoms with E-state index in [0.717, 1.165) is 27.3 Å². The fraction of sp³-hybridized carbons (Fsp3) is 0.188. The Hall–Kier alpha value is -1.78. The Morgan fingerprint density at radius 3 is 2.85 bits per heavy atom. The van der Waals surface area contributed by atoms with Crippen molar-refractivity contribution in [3.8, 4) is 0 Å². The quantitative estimate of drug-likeness (QED) is 0.790. The van der Waals surface area contributed by atoms with E-state index in [9.17, 15) is 4.39 Å². The van der Waals surface area contributed by atoms with Crippen LogP contribution in [0.5, 0.6) is 0 Å². The van der Waals surface area contributed by atoms with Gasteiger partial charge < -0.3 is 5.32 Å². The van der Waals surface area contributed by atoms with Crippen molar-refractivity contribution in [3.05, 3.63) is 64.4 Å². The molecule has 4 heteroatoms. The number of thiazole rings is 1. The predicted molar refractivity (Wildman–Crippen MR) is 81.6 cm³/mol. The molecule has 3 rings (SSSR count). The summed E-state index contributed by atoms with van der Waals surface area (Å²) in [7, 11) is 1.89. The summed E-state index contributed by atoms with van der Waals surface area (Å²) in [5, 5.41) is 4.03. The summed E-state index contributed by atoms with van der Waals surface area (Å²) in [6.45, 7) is 0.743. The molecule has 102 valence electrons. The van der Waals surface area contributed by atoms with Gasteiger partial charge in [-0.25, -0.2) is 9.37 Å². The molecule has 0 atom stereocenters. The third-order valence-electron chi connectivity index (χ3n) is 3.17. The molecule has 1 N–H and O–H groups in total. The summed E-state index contributed by atoms with van der Waals surface area (Å²) < 4.78 is 15.1. The Labute approximate surface area is 121 Å². The van der Waals surface area contributed by atoms with Gasteiger partial charge >= 0.3 is 0 Å². The fourth-order valence-electron chi connectivity index (χ4n) is 2.24. The molecule has 0 aliphatic rings. The SMILES string of the molecule is CNCc1ccc(F)c(Cc2nc3ccccc3s2)c1. The Balaban J connectivity index is 1.91. The van der Waals surface area contributed by atoms with Crippen molar-refractivity contribution in [2.75, 3.05) is 7.05 Å². The molecule has 2 aromatic carbocycles. The van der Waals surface area contributed by atoms with Crippen molar-refractivity contribution in [2.45, 2.75) is 13.0 Å². The number of aromatic nitrogens is 1. The van der Waals surface area contributed by atoms with Gasteiger partial charge in [0.05, 0.1) is 15.2 Å². The van der Waals surface area contributed by atoms with Crippen molar-refractivity contribution in [3.63, 3.8) is 0 Å². The largest absolute Gasteiger partial charge is 0.316 e. The smallest absolute Gasteiger partial charge is 0.126 e. The summed E-state index contributed by atoms with van der Waals surface area (Å²) in [5.41, 5.74) is 2.78. The number of para-hydroxylation sites is 1. The van der Waals surface area contributed by atoms with Gasteiger partial charge in [-0.1, -0.05) is 24.3 Å². The van der Waals surface area contributed by atoms with Crippen molar-refractivity contribution < 1.29 is 4.39 Å². The molecule has 0 unspecified atom stereocenters. The van der Waals surface area contributed by atoms with E-state index >= 15 is 0 Å². The molecular weight excluding hydrogens is 271 g/mol. The van der Waals surface area contributed by atoms with Crippen LogP contribution >= 0.6 is 11.3 Å². The second-order valence-electron chi connectivity index (χ2n) is 4.71. The van der Waals surface area contributed by atoms with Crippen LogP contribution < -0.4 is 5.32 Å². The van der Waals surface area contributed by atoms with E-state index in [1.165, 1.54) is 6.07 Å². The van der Waals surface area contributed by atoms with Crippen molar-refractivity contribution in [1.82, 2.24) is 10.3 Å². The normalized spacial score (nSPS) is 11.1. The number of hydrogen-bond acceptors (Lipinski definition) is 3. The van der Waals surface area contributed by atoms with E-state index in [1.807, 2.05) is 43.4 Å². The first-order valence-corrected chi connectivity index (χ1v) is 7.34.